The van der Waals surface area contributed by atoms with Crippen molar-refractivity contribution in [1.82, 2.24) is 4.90 Å². The summed E-state index contributed by atoms with van der Waals surface area (Å²) >= 11 is 5.89. The molecule has 1 aliphatic heterocycles. The summed E-state index contributed by atoms with van der Waals surface area (Å²) in [6.07, 6.45) is 0.882. The van der Waals surface area contributed by atoms with Crippen molar-refractivity contribution >= 4 is 23.6 Å². The Labute approximate surface area is 107 Å². The lowest BCUT2D eigenvalue weighted by molar-refractivity contribution is 0.112. The number of anilines is 1. The standard InChI is InChI=1S/C13H17ClN2O/c1-2-15-5-7-16(8-6-15)13-4-3-12(14)9-11(13)10-17/h3-4,9-10H,2,5-8H2,1H3. The topological polar surface area (TPSA) is 23.6 Å². The van der Waals surface area contributed by atoms with Crippen LogP contribution in [0.15, 0.2) is 18.2 Å². The highest BCUT2D eigenvalue weighted by atomic mass is 35.5. The van der Waals surface area contributed by atoms with Crippen LogP contribution < -0.4 is 4.90 Å². The molecule has 0 bridgehead atoms. The van der Waals surface area contributed by atoms with Crippen molar-refractivity contribution in [2.75, 3.05) is 37.6 Å². The third-order valence-corrected chi connectivity index (χ3v) is 3.51. The number of halogens is 1. The lowest BCUT2D eigenvalue weighted by atomic mass is 10.1. The Bertz CT molecular complexity index is 400. The first kappa shape index (κ1) is 12.4. The van der Waals surface area contributed by atoms with E-state index in [1.54, 1.807) is 6.07 Å². The molecule has 1 heterocycles. The predicted octanol–water partition coefficient (Wildman–Crippen LogP) is 2.29. The Morgan fingerprint density at radius 2 is 2.00 bits per heavy atom. The van der Waals surface area contributed by atoms with Gasteiger partial charge < -0.3 is 9.80 Å². The van der Waals surface area contributed by atoms with E-state index < -0.39 is 0 Å². The SMILES string of the molecule is CCN1CCN(c2ccc(Cl)cc2C=O)CC1. The quantitative estimate of drug-likeness (QED) is 0.772. The van der Waals surface area contributed by atoms with Gasteiger partial charge in [-0.05, 0) is 24.7 Å². The van der Waals surface area contributed by atoms with Gasteiger partial charge >= 0.3 is 0 Å². The third kappa shape index (κ3) is 2.79. The van der Waals surface area contributed by atoms with Gasteiger partial charge in [0.2, 0.25) is 0 Å². The fourth-order valence-corrected chi connectivity index (χ4v) is 2.39. The van der Waals surface area contributed by atoms with Gasteiger partial charge in [0.1, 0.15) is 0 Å². The molecule has 17 heavy (non-hydrogen) atoms. The number of carbonyl (C=O) groups is 1. The highest BCUT2D eigenvalue weighted by Gasteiger charge is 2.17. The molecule has 1 fully saturated rings. The van der Waals surface area contributed by atoms with Gasteiger partial charge in [0, 0.05) is 42.5 Å². The molecule has 4 heteroatoms. The van der Waals surface area contributed by atoms with Crippen molar-refractivity contribution < 1.29 is 4.79 Å². The highest BCUT2D eigenvalue weighted by molar-refractivity contribution is 6.31. The van der Waals surface area contributed by atoms with Crippen molar-refractivity contribution in [2.45, 2.75) is 6.92 Å². The molecular formula is C13H17ClN2O. The van der Waals surface area contributed by atoms with Gasteiger partial charge in [-0.1, -0.05) is 18.5 Å². The number of hydrogen-bond acceptors (Lipinski definition) is 3. The van der Waals surface area contributed by atoms with Crippen molar-refractivity contribution in [3.8, 4) is 0 Å². The van der Waals surface area contributed by atoms with Crippen LogP contribution in [-0.4, -0.2) is 43.9 Å². The lowest BCUT2D eigenvalue weighted by Gasteiger charge is -2.36. The number of rotatable bonds is 3. The molecule has 0 amide bonds. The van der Waals surface area contributed by atoms with Gasteiger partial charge in [0.05, 0.1) is 0 Å². The molecule has 0 N–H and O–H groups in total. The Kier molecular flexibility index (Phi) is 4.02. The molecule has 3 nitrogen and oxygen atoms in total. The monoisotopic (exact) mass is 252 g/mol. The third-order valence-electron chi connectivity index (χ3n) is 3.28. The van der Waals surface area contributed by atoms with E-state index in [0.29, 0.717) is 10.6 Å². The van der Waals surface area contributed by atoms with Crippen molar-refractivity contribution in [3.05, 3.63) is 28.8 Å². The van der Waals surface area contributed by atoms with Gasteiger partial charge in [-0.25, -0.2) is 0 Å². The van der Waals surface area contributed by atoms with Gasteiger partial charge in [0.25, 0.3) is 0 Å². The number of aldehydes is 1. The van der Waals surface area contributed by atoms with E-state index in [-0.39, 0.29) is 0 Å². The van der Waals surface area contributed by atoms with E-state index in [2.05, 4.69) is 16.7 Å². The van der Waals surface area contributed by atoms with Crippen LogP contribution in [0.2, 0.25) is 5.02 Å². The lowest BCUT2D eigenvalue weighted by Crippen LogP contribution is -2.46. The molecule has 0 unspecified atom stereocenters. The molecule has 0 saturated carbocycles. The first-order valence-electron chi connectivity index (χ1n) is 5.96. The highest BCUT2D eigenvalue weighted by Crippen LogP contribution is 2.24. The van der Waals surface area contributed by atoms with Crippen LogP contribution in [0.3, 0.4) is 0 Å². The van der Waals surface area contributed by atoms with Crippen LogP contribution in [0.5, 0.6) is 0 Å². The smallest absolute Gasteiger partial charge is 0.152 e. The van der Waals surface area contributed by atoms with E-state index in [9.17, 15) is 4.79 Å². The molecular weight excluding hydrogens is 236 g/mol. The van der Waals surface area contributed by atoms with E-state index in [0.717, 1.165) is 44.7 Å². The van der Waals surface area contributed by atoms with Crippen molar-refractivity contribution in [1.29, 1.82) is 0 Å². The number of carbonyl (C=O) groups excluding carboxylic acids is 1. The normalized spacial score (nSPS) is 17.2. The van der Waals surface area contributed by atoms with Gasteiger partial charge in [-0.15, -0.1) is 0 Å². The van der Waals surface area contributed by atoms with Crippen LogP contribution >= 0.6 is 11.6 Å². The number of piperazine rings is 1. The Morgan fingerprint density at radius 3 is 2.59 bits per heavy atom. The fraction of sp³-hybridized carbons (Fsp3) is 0.462. The summed E-state index contributed by atoms with van der Waals surface area (Å²) in [6.45, 7) is 7.31. The summed E-state index contributed by atoms with van der Waals surface area (Å²) < 4.78 is 0. The summed E-state index contributed by atoms with van der Waals surface area (Å²) in [6, 6.07) is 5.51. The van der Waals surface area contributed by atoms with Gasteiger partial charge in [-0.3, -0.25) is 4.79 Å². The minimum Gasteiger partial charge on any atom is -0.368 e. The number of benzene rings is 1. The molecule has 1 aliphatic rings. The Morgan fingerprint density at radius 1 is 1.29 bits per heavy atom. The van der Waals surface area contributed by atoms with E-state index >= 15 is 0 Å². The Hall–Kier alpha value is -1.06. The summed E-state index contributed by atoms with van der Waals surface area (Å²) in [7, 11) is 0. The number of nitrogens with zero attached hydrogens (tertiary/aromatic N) is 2. The number of hydrogen-bond donors (Lipinski definition) is 0. The first-order valence-corrected chi connectivity index (χ1v) is 6.34. The minimum atomic E-state index is 0.614. The minimum absolute atomic E-state index is 0.614. The van der Waals surface area contributed by atoms with Gasteiger partial charge in [0.15, 0.2) is 6.29 Å². The molecule has 0 radical (unpaired) electrons. The molecule has 1 aromatic rings. The Balaban J connectivity index is 2.15. The summed E-state index contributed by atoms with van der Waals surface area (Å²) in [5, 5.41) is 0.614. The first-order chi connectivity index (χ1) is 8.24. The summed E-state index contributed by atoms with van der Waals surface area (Å²) in [5.74, 6) is 0. The zero-order chi connectivity index (χ0) is 12.3. The van der Waals surface area contributed by atoms with E-state index in [1.807, 2.05) is 12.1 Å². The molecule has 1 saturated heterocycles. The van der Waals surface area contributed by atoms with Crippen molar-refractivity contribution in [3.63, 3.8) is 0 Å². The van der Waals surface area contributed by atoms with E-state index in [4.69, 9.17) is 11.6 Å². The number of likely N-dealkylation sites (N-methyl/N-ethyl adjacent to an activating group) is 1. The second-order valence-corrected chi connectivity index (χ2v) is 4.68. The molecule has 92 valence electrons. The van der Waals surface area contributed by atoms with Crippen LogP contribution in [0.1, 0.15) is 17.3 Å². The average Bonchev–Trinajstić information content (AvgIpc) is 2.39. The average molecular weight is 253 g/mol. The largest absolute Gasteiger partial charge is 0.368 e. The second-order valence-electron chi connectivity index (χ2n) is 4.24. The second kappa shape index (κ2) is 5.52. The predicted molar refractivity (Wildman–Crippen MR) is 71.2 cm³/mol. The summed E-state index contributed by atoms with van der Waals surface area (Å²) in [5.41, 5.74) is 1.68. The zero-order valence-electron chi connectivity index (χ0n) is 10.0. The van der Waals surface area contributed by atoms with Gasteiger partial charge in [-0.2, -0.15) is 0 Å². The maximum atomic E-state index is 11.0. The van der Waals surface area contributed by atoms with Crippen LogP contribution in [0, 0.1) is 0 Å². The molecule has 0 spiro atoms. The molecule has 0 aliphatic carbocycles. The molecule has 0 atom stereocenters. The molecule has 0 aromatic heterocycles. The van der Waals surface area contributed by atoms with Crippen LogP contribution in [-0.2, 0) is 0 Å². The molecule has 2 rings (SSSR count). The fourth-order valence-electron chi connectivity index (χ4n) is 2.21. The van der Waals surface area contributed by atoms with Crippen molar-refractivity contribution in [2.24, 2.45) is 0 Å². The zero-order valence-corrected chi connectivity index (χ0v) is 10.8. The maximum absolute atomic E-state index is 11.0. The van der Waals surface area contributed by atoms with Crippen LogP contribution in [0.4, 0.5) is 5.69 Å². The maximum Gasteiger partial charge on any atom is 0.152 e. The summed E-state index contributed by atoms with van der Waals surface area (Å²) in [4.78, 5) is 15.7. The van der Waals surface area contributed by atoms with Crippen LogP contribution in [0.25, 0.3) is 0 Å². The molecule has 1 aromatic carbocycles. The van der Waals surface area contributed by atoms with E-state index in [1.165, 1.54) is 0 Å².